The van der Waals surface area contributed by atoms with E-state index in [1.54, 1.807) is 4.90 Å². The monoisotopic (exact) mass is 709 g/mol. The number of halogens is 6. The van der Waals surface area contributed by atoms with Gasteiger partial charge in [0.2, 0.25) is 11.7 Å². The number of benzene rings is 1. The Labute approximate surface area is 273 Å². The maximum Gasteiger partial charge on any atom is 0.451 e. The second kappa shape index (κ2) is 15.6. The first-order valence-electron chi connectivity index (χ1n) is 15.4. The van der Waals surface area contributed by atoms with Gasteiger partial charge in [-0.3, -0.25) is 9.35 Å². The summed E-state index contributed by atoms with van der Waals surface area (Å²) in [6, 6.07) is 4.66. The largest absolute Gasteiger partial charge is 0.451 e. The number of urea groups is 1. The minimum atomic E-state index is -4.84. The Morgan fingerprint density at radius 1 is 0.854 bits per heavy atom. The summed E-state index contributed by atoms with van der Waals surface area (Å²) in [6.45, 7) is 1.25. The van der Waals surface area contributed by atoms with E-state index in [4.69, 9.17) is 4.55 Å². The summed E-state index contributed by atoms with van der Waals surface area (Å²) in [7, 11) is -4.19. The second-order valence-corrected chi connectivity index (χ2v) is 13.3. The van der Waals surface area contributed by atoms with Crippen LogP contribution in [-0.4, -0.2) is 85.9 Å². The van der Waals surface area contributed by atoms with E-state index in [-0.39, 0.29) is 37.1 Å². The normalized spacial score (nSPS) is 17.8. The molecule has 0 saturated carbocycles. The zero-order valence-corrected chi connectivity index (χ0v) is 26.6. The van der Waals surface area contributed by atoms with E-state index in [2.05, 4.69) is 25.9 Å². The molecule has 19 heteroatoms. The van der Waals surface area contributed by atoms with E-state index in [1.165, 1.54) is 23.1 Å². The molecule has 1 aromatic heterocycles. The summed E-state index contributed by atoms with van der Waals surface area (Å²) >= 11 is 0. The van der Waals surface area contributed by atoms with Gasteiger partial charge in [0.15, 0.2) is 0 Å². The number of rotatable bonds is 12. The third-order valence-corrected chi connectivity index (χ3v) is 8.94. The predicted octanol–water partition coefficient (Wildman–Crippen LogP) is 3.64. The Balaban J connectivity index is 1.33. The molecular weight excluding hydrogens is 672 g/mol. The molecule has 2 fully saturated rings. The molecule has 1 aromatic carbocycles. The van der Waals surface area contributed by atoms with Crippen LogP contribution >= 0.6 is 0 Å². The Bertz CT molecular complexity index is 1520. The van der Waals surface area contributed by atoms with Crippen LogP contribution in [0.25, 0.3) is 0 Å². The van der Waals surface area contributed by atoms with Crippen molar-refractivity contribution in [2.24, 2.45) is 5.92 Å². The van der Waals surface area contributed by atoms with Crippen LogP contribution in [0.2, 0.25) is 0 Å². The summed E-state index contributed by atoms with van der Waals surface area (Å²) in [5, 5.41) is 7.66. The van der Waals surface area contributed by atoms with Crippen LogP contribution in [0.15, 0.2) is 30.3 Å². The van der Waals surface area contributed by atoms with Gasteiger partial charge < -0.3 is 25.8 Å². The minimum absolute atomic E-state index is 0.0287. The van der Waals surface area contributed by atoms with E-state index in [9.17, 15) is 44.3 Å². The van der Waals surface area contributed by atoms with Gasteiger partial charge in [-0.2, -0.15) is 34.8 Å². The van der Waals surface area contributed by atoms with Gasteiger partial charge in [0.25, 0.3) is 10.1 Å². The summed E-state index contributed by atoms with van der Waals surface area (Å²) in [5.41, 5.74) is -0.196. The lowest BCUT2D eigenvalue weighted by Crippen LogP contribution is -2.44. The van der Waals surface area contributed by atoms with Gasteiger partial charge in [-0.25, -0.2) is 14.8 Å². The topological polar surface area (TPSA) is 157 Å². The predicted molar refractivity (Wildman–Crippen MR) is 163 cm³/mol. The van der Waals surface area contributed by atoms with Crippen molar-refractivity contribution in [1.29, 1.82) is 0 Å². The maximum absolute atomic E-state index is 13.9. The standard InChI is InChI=1S/C29H37F6N7O5S/c30-28(31,32)21-5-3-19(4-6-21)7-11-36-25(43)22-2-1-14-42(22)24-18-23(39-26(40-24)29(33,34)35)41-15-9-20(10-16-41)8-12-37-27(44)38-13-17-48(45,46)47/h3-6,18,20,22H,1-2,7-17H2,(H,36,43)(H2,37,38,44)(H,45,46,47)/t22-/m0/s1. The van der Waals surface area contributed by atoms with Crippen LogP contribution in [0.4, 0.5) is 42.8 Å². The third kappa shape index (κ3) is 10.8. The smallest absolute Gasteiger partial charge is 0.356 e. The van der Waals surface area contributed by atoms with Gasteiger partial charge >= 0.3 is 18.4 Å². The Morgan fingerprint density at radius 3 is 2.12 bits per heavy atom. The van der Waals surface area contributed by atoms with Crippen LogP contribution in [0.3, 0.4) is 0 Å². The molecule has 0 spiro atoms. The van der Waals surface area contributed by atoms with Gasteiger partial charge in [0.05, 0.1) is 11.3 Å². The Kier molecular flexibility index (Phi) is 12.0. The lowest BCUT2D eigenvalue weighted by molar-refractivity contribution is -0.144. The highest BCUT2D eigenvalue weighted by Gasteiger charge is 2.39. The number of carbonyl (C=O) groups excluding carboxylic acids is 2. The van der Waals surface area contributed by atoms with Gasteiger partial charge in [-0.05, 0) is 62.1 Å². The molecule has 0 bridgehead atoms. The highest BCUT2D eigenvalue weighted by atomic mass is 32.2. The summed E-state index contributed by atoms with van der Waals surface area (Å²) in [6.07, 6.45) is -6.30. The fraction of sp³-hybridized carbons (Fsp3) is 0.586. The number of nitrogens with zero attached hydrogens (tertiary/aromatic N) is 4. The average molecular weight is 710 g/mol. The quantitative estimate of drug-likeness (QED) is 0.191. The van der Waals surface area contributed by atoms with Gasteiger partial charge in [0, 0.05) is 45.3 Å². The SMILES string of the molecule is O=C(NCCC1CCN(c2cc(N3CCC[C@H]3C(=O)NCCc3ccc(C(F)(F)F)cc3)nc(C(F)(F)F)n2)CC1)NCCS(=O)(=O)O. The van der Waals surface area contributed by atoms with Crippen molar-refractivity contribution in [3.8, 4) is 0 Å². The number of nitrogens with one attached hydrogen (secondary N) is 3. The number of amides is 3. The Hall–Kier alpha value is -3.87. The zero-order valence-electron chi connectivity index (χ0n) is 25.8. The molecule has 2 aliphatic heterocycles. The zero-order chi connectivity index (χ0) is 35.1. The molecule has 2 aromatic rings. The van der Waals surface area contributed by atoms with Crippen LogP contribution in [0.5, 0.6) is 0 Å². The molecule has 266 valence electrons. The number of aromatic nitrogens is 2. The maximum atomic E-state index is 13.9. The van der Waals surface area contributed by atoms with Crippen molar-refractivity contribution in [1.82, 2.24) is 25.9 Å². The molecule has 0 radical (unpaired) electrons. The van der Waals surface area contributed by atoms with Crippen molar-refractivity contribution in [3.63, 3.8) is 0 Å². The second-order valence-electron chi connectivity index (χ2n) is 11.7. The first-order valence-corrected chi connectivity index (χ1v) is 17.0. The van der Waals surface area contributed by atoms with Crippen molar-refractivity contribution in [3.05, 3.63) is 47.3 Å². The van der Waals surface area contributed by atoms with Gasteiger partial charge in [-0.15, -0.1) is 0 Å². The molecule has 0 aliphatic carbocycles. The average Bonchev–Trinajstić information content (AvgIpc) is 3.50. The van der Waals surface area contributed by atoms with E-state index >= 15 is 0 Å². The number of hydrogen-bond donors (Lipinski definition) is 4. The van der Waals surface area contributed by atoms with E-state index < -0.39 is 57.6 Å². The van der Waals surface area contributed by atoms with Gasteiger partial charge in [0.1, 0.15) is 17.7 Å². The lowest BCUT2D eigenvalue weighted by Gasteiger charge is -2.34. The van der Waals surface area contributed by atoms with E-state index in [0.717, 1.165) is 12.1 Å². The molecule has 2 saturated heterocycles. The van der Waals surface area contributed by atoms with E-state index in [1.807, 2.05) is 0 Å². The Morgan fingerprint density at radius 2 is 1.50 bits per heavy atom. The van der Waals surface area contributed by atoms with Crippen molar-refractivity contribution >= 4 is 33.7 Å². The molecule has 1 atom stereocenters. The van der Waals surface area contributed by atoms with Crippen LogP contribution in [0.1, 0.15) is 49.1 Å². The molecular formula is C29H37F6N7O5S. The van der Waals surface area contributed by atoms with E-state index in [0.29, 0.717) is 63.8 Å². The number of hydrogen-bond acceptors (Lipinski definition) is 8. The molecule has 3 heterocycles. The molecule has 4 N–H and O–H groups in total. The molecule has 48 heavy (non-hydrogen) atoms. The number of carbonyl (C=O) groups is 2. The van der Waals surface area contributed by atoms with Crippen LogP contribution < -0.4 is 25.8 Å². The molecule has 4 rings (SSSR count). The third-order valence-electron chi connectivity index (χ3n) is 8.22. The van der Waals surface area contributed by atoms with Crippen molar-refractivity contribution < 1.29 is 48.9 Å². The number of piperidine rings is 1. The number of anilines is 2. The van der Waals surface area contributed by atoms with Crippen LogP contribution in [-0.2, 0) is 33.7 Å². The summed E-state index contributed by atoms with van der Waals surface area (Å²) in [5.74, 6) is -2.14. The lowest BCUT2D eigenvalue weighted by atomic mass is 9.93. The highest BCUT2D eigenvalue weighted by Crippen LogP contribution is 2.34. The summed E-state index contributed by atoms with van der Waals surface area (Å²) in [4.78, 5) is 35.7. The fourth-order valence-corrected chi connectivity index (χ4v) is 6.04. The molecule has 2 aliphatic rings. The van der Waals surface area contributed by atoms with Gasteiger partial charge in [-0.1, -0.05) is 12.1 Å². The molecule has 12 nitrogen and oxygen atoms in total. The molecule has 0 unspecified atom stereocenters. The summed E-state index contributed by atoms with van der Waals surface area (Å²) < 4.78 is 110. The fourth-order valence-electron chi connectivity index (χ4n) is 5.68. The van der Waals surface area contributed by atoms with Crippen LogP contribution in [0, 0.1) is 5.92 Å². The van der Waals surface area contributed by atoms with Crippen molar-refractivity contribution in [2.45, 2.75) is 56.9 Å². The number of alkyl halides is 6. The first-order chi connectivity index (χ1) is 22.5. The highest BCUT2D eigenvalue weighted by molar-refractivity contribution is 7.85. The van der Waals surface area contributed by atoms with Crippen molar-refractivity contribution in [2.75, 3.05) is 54.8 Å². The molecule has 3 amide bonds. The minimum Gasteiger partial charge on any atom is -0.356 e. The first kappa shape index (κ1) is 37.0.